The number of carbonyl (C=O) groups excluding carboxylic acids is 2. The topological polar surface area (TPSA) is 86.8 Å². The number of halogens is 2. The highest BCUT2D eigenvalue weighted by Gasteiger charge is 2.31. The SMILES string of the molecule is Cc1cc(N(CC(=O)N(Cc2ccc(Br)cc2)[C@H](C)C(=O)NC2CCCCC2)S(C)(=O)=O)ccc1Br. The minimum atomic E-state index is -3.76. The first-order valence-electron chi connectivity index (χ1n) is 12.0. The van der Waals surface area contributed by atoms with Crippen LogP contribution in [0.2, 0.25) is 0 Å². The Morgan fingerprint density at radius 2 is 1.69 bits per heavy atom. The molecule has 0 radical (unpaired) electrons. The molecule has 2 aromatic rings. The predicted molar refractivity (Wildman–Crippen MR) is 150 cm³/mol. The largest absolute Gasteiger partial charge is 0.352 e. The molecule has 0 saturated heterocycles. The molecular formula is C26H33Br2N3O4S. The highest BCUT2D eigenvalue weighted by molar-refractivity contribution is 9.10. The molecule has 0 spiro atoms. The Morgan fingerprint density at radius 3 is 2.28 bits per heavy atom. The van der Waals surface area contributed by atoms with Crippen LogP contribution in [0.25, 0.3) is 0 Å². The van der Waals surface area contributed by atoms with Gasteiger partial charge in [0.2, 0.25) is 21.8 Å². The van der Waals surface area contributed by atoms with Gasteiger partial charge >= 0.3 is 0 Å². The number of hydrogen-bond donors (Lipinski definition) is 1. The lowest BCUT2D eigenvalue weighted by molar-refractivity contribution is -0.139. The summed E-state index contributed by atoms with van der Waals surface area (Å²) in [4.78, 5) is 28.3. The number of hydrogen-bond acceptors (Lipinski definition) is 4. The zero-order chi connectivity index (χ0) is 26.5. The van der Waals surface area contributed by atoms with Crippen LogP contribution in [-0.2, 0) is 26.2 Å². The summed E-state index contributed by atoms with van der Waals surface area (Å²) in [6, 6.07) is 12.0. The van der Waals surface area contributed by atoms with E-state index in [-0.39, 0.29) is 18.5 Å². The maximum Gasteiger partial charge on any atom is 0.244 e. The van der Waals surface area contributed by atoms with Gasteiger partial charge in [0.15, 0.2) is 0 Å². The predicted octanol–water partition coefficient (Wildman–Crippen LogP) is 5.15. The number of sulfonamides is 1. The quantitative estimate of drug-likeness (QED) is 0.410. The second-order valence-electron chi connectivity index (χ2n) is 9.37. The summed E-state index contributed by atoms with van der Waals surface area (Å²) in [6.07, 6.45) is 6.28. The number of anilines is 1. The van der Waals surface area contributed by atoms with Crippen molar-refractivity contribution >= 4 is 59.4 Å². The molecule has 1 atom stereocenters. The number of carbonyl (C=O) groups is 2. The molecule has 0 heterocycles. The second kappa shape index (κ2) is 12.6. The van der Waals surface area contributed by atoms with E-state index in [1.807, 2.05) is 31.2 Å². The van der Waals surface area contributed by atoms with E-state index in [1.165, 1.54) is 11.3 Å². The minimum absolute atomic E-state index is 0.108. The van der Waals surface area contributed by atoms with E-state index in [9.17, 15) is 18.0 Å². The van der Waals surface area contributed by atoms with Gasteiger partial charge in [0, 0.05) is 21.5 Å². The molecule has 0 bridgehead atoms. The van der Waals surface area contributed by atoms with Crippen LogP contribution in [0.1, 0.15) is 50.2 Å². The molecule has 1 saturated carbocycles. The van der Waals surface area contributed by atoms with E-state index in [0.29, 0.717) is 5.69 Å². The molecule has 0 unspecified atom stereocenters. The van der Waals surface area contributed by atoms with Crippen LogP contribution in [0.4, 0.5) is 5.69 Å². The third-order valence-electron chi connectivity index (χ3n) is 6.49. The minimum Gasteiger partial charge on any atom is -0.352 e. The molecule has 10 heteroatoms. The zero-order valence-electron chi connectivity index (χ0n) is 20.8. The molecule has 2 aromatic carbocycles. The van der Waals surface area contributed by atoms with Crippen LogP contribution in [0, 0.1) is 6.92 Å². The van der Waals surface area contributed by atoms with Crippen molar-refractivity contribution in [2.24, 2.45) is 0 Å². The average Bonchev–Trinajstić information content (AvgIpc) is 2.83. The van der Waals surface area contributed by atoms with Crippen molar-refractivity contribution in [3.05, 3.63) is 62.5 Å². The van der Waals surface area contributed by atoms with Gasteiger partial charge in [-0.05, 0) is 68.1 Å². The van der Waals surface area contributed by atoms with Gasteiger partial charge in [-0.2, -0.15) is 0 Å². The Kier molecular flexibility index (Phi) is 10.00. The summed E-state index contributed by atoms with van der Waals surface area (Å²) in [6.45, 7) is 3.33. The van der Waals surface area contributed by atoms with Crippen LogP contribution in [0.3, 0.4) is 0 Å². The average molecular weight is 643 g/mol. The van der Waals surface area contributed by atoms with Gasteiger partial charge in [0.05, 0.1) is 11.9 Å². The van der Waals surface area contributed by atoms with E-state index < -0.39 is 28.5 Å². The van der Waals surface area contributed by atoms with E-state index in [4.69, 9.17) is 0 Å². The summed E-state index contributed by atoms with van der Waals surface area (Å²) in [5, 5.41) is 3.10. The van der Waals surface area contributed by atoms with E-state index in [1.54, 1.807) is 25.1 Å². The standard InChI is InChI=1S/C26H33Br2N3O4S/c1-18-15-23(13-14-24(18)28)31(36(3,34)35)17-25(32)30(16-20-9-11-21(27)12-10-20)19(2)26(33)29-22-7-5-4-6-8-22/h9-15,19,22H,4-8,16-17H2,1-3H3,(H,29,33)/t19-/m1/s1. The first-order valence-corrected chi connectivity index (χ1v) is 15.5. The molecule has 3 rings (SSSR count). The number of benzene rings is 2. The van der Waals surface area contributed by atoms with Crippen LogP contribution >= 0.6 is 31.9 Å². The molecule has 1 N–H and O–H groups in total. The highest BCUT2D eigenvalue weighted by Crippen LogP contribution is 2.25. The van der Waals surface area contributed by atoms with Gasteiger partial charge in [0.1, 0.15) is 12.6 Å². The summed E-state index contributed by atoms with van der Waals surface area (Å²) >= 11 is 6.85. The Labute approximate surface area is 230 Å². The maximum atomic E-state index is 13.7. The Hall–Kier alpha value is -1.91. The Morgan fingerprint density at radius 1 is 1.06 bits per heavy atom. The second-order valence-corrected chi connectivity index (χ2v) is 13.0. The number of aryl methyl sites for hydroxylation is 1. The lowest BCUT2D eigenvalue weighted by Crippen LogP contribution is -2.52. The summed E-state index contributed by atoms with van der Waals surface area (Å²) in [5.41, 5.74) is 2.09. The van der Waals surface area contributed by atoms with Gasteiger partial charge in [-0.1, -0.05) is 63.3 Å². The lowest BCUT2D eigenvalue weighted by Gasteiger charge is -2.33. The first kappa shape index (κ1) is 28.7. The normalized spacial score (nSPS) is 15.2. The third-order valence-corrected chi connectivity index (χ3v) is 9.05. The van der Waals surface area contributed by atoms with E-state index in [2.05, 4.69) is 37.2 Å². The Balaban J connectivity index is 1.87. The number of nitrogens with one attached hydrogen (secondary N) is 1. The van der Waals surface area contributed by atoms with Gasteiger partial charge in [-0.25, -0.2) is 8.42 Å². The van der Waals surface area contributed by atoms with Crippen molar-refractivity contribution in [1.29, 1.82) is 0 Å². The summed E-state index contributed by atoms with van der Waals surface area (Å²) in [5.74, 6) is -0.673. The molecule has 1 aliphatic carbocycles. The van der Waals surface area contributed by atoms with Crippen LogP contribution in [0.15, 0.2) is 51.4 Å². The molecule has 1 fully saturated rings. The molecule has 2 amide bonds. The highest BCUT2D eigenvalue weighted by atomic mass is 79.9. The van der Waals surface area contributed by atoms with Gasteiger partial charge in [-0.15, -0.1) is 0 Å². The van der Waals surface area contributed by atoms with Gasteiger partial charge in [0.25, 0.3) is 0 Å². The fourth-order valence-electron chi connectivity index (χ4n) is 4.34. The molecule has 36 heavy (non-hydrogen) atoms. The van der Waals surface area contributed by atoms with Crippen molar-refractivity contribution in [3.63, 3.8) is 0 Å². The zero-order valence-corrected chi connectivity index (χ0v) is 24.8. The van der Waals surface area contributed by atoms with Crippen molar-refractivity contribution in [1.82, 2.24) is 10.2 Å². The van der Waals surface area contributed by atoms with Crippen LogP contribution in [0.5, 0.6) is 0 Å². The van der Waals surface area contributed by atoms with Crippen LogP contribution < -0.4 is 9.62 Å². The van der Waals surface area contributed by atoms with Gasteiger partial charge in [-0.3, -0.25) is 13.9 Å². The third kappa shape index (κ3) is 7.79. The van der Waals surface area contributed by atoms with E-state index in [0.717, 1.165) is 56.3 Å². The fourth-order valence-corrected chi connectivity index (χ4v) is 5.69. The number of rotatable bonds is 9. The van der Waals surface area contributed by atoms with Gasteiger partial charge < -0.3 is 10.2 Å². The van der Waals surface area contributed by atoms with Crippen molar-refractivity contribution in [2.45, 2.75) is 64.6 Å². The first-order chi connectivity index (χ1) is 17.0. The van der Waals surface area contributed by atoms with Crippen molar-refractivity contribution in [3.8, 4) is 0 Å². The molecular weight excluding hydrogens is 610 g/mol. The monoisotopic (exact) mass is 641 g/mol. The van der Waals surface area contributed by atoms with Crippen molar-refractivity contribution in [2.75, 3.05) is 17.1 Å². The lowest BCUT2D eigenvalue weighted by atomic mass is 9.95. The number of nitrogens with zero attached hydrogens (tertiary/aromatic N) is 2. The molecule has 0 aromatic heterocycles. The maximum absolute atomic E-state index is 13.7. The molecule has 196 valence electrons. The smallest absolute Gasteiger partial charge is 0.244 e. The summed E-state index contributed by atoms with van der Waals surface area (Å²) < 4.78 is 28.3. The van der Waals surface area contributed by atoms with Crippen molar-refractivity contribution < 1.29 is 18.0 Å². The number of amides is 2. The molecule has 0 aliphatic heterocycles. The Bertz CT molecular complexity index is 1180. The molecule has 1 aliphatic rings. The fraction of sp³-hybridized carbons (Fsp3) is 0.462. The summed E-state index contributed by atoms with van der Waals surface area (Å²) in [7, 11) is -3.76. The van der Waals surface area contributed by atoms with Crippen LogP contribution in [-0.4, -0.2) is 50.0 Å². The van der Waals surface area contributed by atoms with E-state index >= 15 is 0 Å². The molecule has 7 nitrogen and oxygen atoms in total.